The number of nitrogens with zero attached hydrogens (tertiary/aromatic N) is 2. The predicted molar refractivity (Wildman–Crippen MR) is 54.0 cm³/mol. The van der Waals surface area contributed by atoms with Crippen LogP contribution >= 0.6 is 0 Å². The fourth-order valence-corrected chi connectivity index (χ4v) is 1.38. The van der Waals surface area contributed by atoms with Gasteiger partial charge in [-0.2, -0.15) is 0 Å². The fourth-order valence-electron chi connectivity index (χ4n) is 1.38. The lowest BCUT2D eigenvalue weighted by Gasteiger charge is -2.08. The molecular formula is C11H9FN2O. The second kappa shape index (κ2) is 4.04. The number of hydrogen-bond donors (Lipinski definition) is 0. The normalized spacial score (nSPS) is 10.0. The highest BCUT2D eigenvalue weighted by Crippen LogP contribution is 2.30. The Morgan fingerprint density at radius 3 is 2.60 bits per heavy atom. The van der Waals surface area contributed by atoms with Gasteiger partial charge in [0.25, 0.3) is 0 Å². The van der Waals surface area contributed by atoms with Gasteiger partial charge >= 0.3 is 0 Å². The summed E-state index contributed by atoms with van der Waals surface area (Å²) in [5.41, 5.74) is 1.38. The molecule has 4 heteroatoms. The second-order valence-corrected chi connectivity index (χ2v) is 2.95. The van der Waals surface area contributed by atoms with Crippen LogP contribution in [-0.2, 0) is 0 Å². The third-order valence-corrected chi connectivity index (χ3v) is 2.04. The van der Waals surface area contributed by atoms with Gasteiger partial charge < -0.3 is 4.74 Å². The van der Waals surface area contributed by atoms with Crippen LogP contribution in [0.25, 0.3) is 11.1 Å². The molecule has 0 N–H and O–H groups in total. The number of rotatable bonds is 2. The smallest absolute Gasteiger partial charge is 0.165 e. The Kier molecular flexibility index (Phi) is 2.58. The van der Waals surface area contributed by atoms with Gasteiger partial charge in [0.15, 0.2) is 11.6 Å². The highest BCUT2D eigenvalue weighted by molar-refractivity contribution is 5.69. The van der Waals surface area contributed by atoms with E-state index in [0.717, 1.165) is 5.56 Å². The number of hydrogen-bond acceptors (Lipinski definition) is 3. The molecule has 0 spiro atoms. The molecule has 0 aliphatic rings. The van der Waals surface area contributed by atoms with E-state index in [4.69, 9.17) is 4.74 Å². The number of benzene rings is 1. The molecule has 0 saturated carbocycles. The maximum atomic E-state index is 13.4. The zero-order chi connectivity index (χ0) is 10.7. The van der Waals surface area contributed by atoms with Crippen molar-refractivity contribution in [2.24, 2.45) is 0 Å². The van der Waals surface area contributed by atoms with E-state index >= 15 is 0 Å². The molecule has 0 aliphatic carbocycles. The van der Waals surface area contributed by atoms with Gasteiger partial charge in [0, 0.05) is 23.5 Å². The summed E-state index contributed by atoms with van der Waals surface area (Å²) in [4.78, 5) is 7.75. The zero-order valence-electron chi connectivity index (χ0n) is 8.14. The lowest BCUT2D eigenvalue weighted by Crippen LogP contribution is -1.92. The summed E-state index contributed by atoms with van der Waals surface area (Å²) < 4.78 is 18.4. The van der Waals surface area contributed by atoms with Crippen molar-refractivity contribution in [3.8, 4) is 16.9 Å². The summed E-state index contributed by atoms with van der Waals surface area (Å²) in [6.45, 7) is 0. The fraction of sp³-hybridized carbons (Fsp3) is 0.0909. The summed E-state index contributed by atoms with van der Waals surface area (Å²) >= 11 is 0. The molecule has 1 heterocycles. The Balaban J connectivity index is 2.58. The first-order valence-electron chi connectivity index (χ1n) is 4.41. The van der Waals surface area contributed by atoms with E-state index in [1.165, 1.54) is 19.5 Å². The molecule has 0 fully saturated rings. The Bertz CT molecular complexity index is 459. The maximum Gasteiger partial charge on any atom is 0.165 e. The number of halogens is 1. The van der Waals surface area contributed by atoms with E-state index in [0.29, 0.717) is 5.56 Å². The third kappa shape index (κ3) is 1.79. The molecule has 2 rings (SSSR count). The van der Waals surface area contributed by atoms with Gasteiger partial charge in [-0.05, 0) is 6.07 Å². The summed E-state index contributed by atoms with van der Waals surface area (Å²) in [6.07, 6.45) is 4.66. The Morgan fingerprint density at radius 2 is 1.93 bits per heavy atom. The molecule has 0 radical (unpaired) electrons. The molecular weight excluding hydrogens is 195 g/mol. The molecule has 0 atom stereocenters. The molecule has 0 bridgehead atoms. The van der Waals surface area contributed by atoms with Crippen molar-refractivity contribution in [2.75, 3.05) is 7.11 Å². The van der Waals surface area contributed by atoms with Crippen LogP contribution < -0.4 is 4.74 Å². The van der Waals surface area contributed by atoms with Crippen molar-refractivity contribution < 1.29 is 9.13 Å². The van der Waals surface area contributed by atoms with Crippen molar-refractivity contribution in [3.63, 3.8) is 0 Å². The summed E-state index contributed by atoms with van der Waals surface area (Å²) in [7, 11) is 1.44. The second-order valence-electron chi connectivity index (χ2n) is 2.95. The highest BCUT2D eigenvalue weighted by atomic mass is 19.1. The number of para-hydroxylation sites is 1. The van der Waals surface area contributed by atoms with Gasteiger partial charge in [0.2, 0.25) is 0 Å². The summed E-state index contributed by atoms with van der Waals surface area (Å²) in [5.74, 6) is -0.175. The Morgan fingerprint density at radius 1 is 1.20 bits per heavy atom. The lowest BCUT2D eigenvalue weighted by atomic mass is 10.1. The van der Waals surface area contributed by atoms with E-state index < -0.39 is 0 Å². The van der Waals surface area contributed by atoms with Crippen LogP contribution in [0.1, 0.15) is 0 Å². The van der Waals surface area contributed by atoms with Crippen molar-refractivity contribution in [3.05, 3.63) is 42.7 Å². The molecule has 2 aromatic rings. The van der Waals surface area contributed by atoms with E-state index in [-0.39, 0.29) is 11.6 Å². The van der Waals surface area contributed by atoms with Gasteiger partial charge in [0.1, 0.15) is 6.33 Å². The topological polar surface area (TPSA) is 35.0 Å². The number of methoxy groups -OCH3 is 1. The van der Waals surface area contributed by atoms with Crippen LogP contribution in [0.15, 0.2) is 36.9 Å². The summed E-state index contributed by atoms with van der Waals surface area (Å²) in [5, 5.41) is 0. The monoisotopic (exact) mass is 204 g/mol. The van der Waals surface area contributed by atoms with Crippen molar-refractivity contribution >= 4 is 0 Å². The van der Waals surface area contributed by atoms with Gasteiger partial charge in [-0.3, -0.25) is 0 Å². The molecule has 0 aliphatic heterocycles. The minimum Gasteiger partial charge on any atom is -0.493 e. The number of aromatic nitrogens is 2. The quantitative estimate of drug-likeness (QED) is 0.752. The SMILES string of the molecule is COc1c(F)cccc1-c1cncnc1. The standard InChI is InChI=1S/C11H9FN2O/c1-15-11-9(3-2-4-10(11)12)8-5-13-7-14-6-8/h2-7H,1H3. The minimum atomic E-state index is -0.390. The first-order valence-corrected chi connectivity index (χ1v) is 4.41. The van der Waals surface area contributed by atoms with Gasteiger partial charge in [-0.15, -0.1) is 0 Å². The van der Waals surface area contributed by atoms with E-state index in [1.807, 2.05) is 0 Å². The van der Waals surface area contributed by atoms with E-state index in [1.54, 1.807) is 24.5 Å². The molecule has 1 aromatic carbocycles. The molecule has 1 aromatic heterocycles. The molecule has 15 heavy (non-hydrogen) atoms. The van der Waals surface area contributed by atoms with Crippen molar-refractivity contribution in [1.82, 2.24) is 9.97 Å². The largest absolute Gasteiger partial charge is 0.493 e. The molecule has 0 unspecified atom stereocenters. The van der Waals surface area contributed by atoms with Crippen LogP contribution in [0.2, 0.25) is 0 Å². The van der Waals surface area contributed by atoms with Crippen LogP contribution in [0.3, 0.4) is 0 Å². The highest BCUT2D eigenvalue weighted by Gasteiger charge is 2.10. The molecule has 76 valence electrons. The molecule has 0 amide bonds. The van der Waals surface area contributed by atoms with Crippen LogP contribution in [0.5, 0.6) is 5.75 Å². The maximum absolute atomic E-state index is 13.4. The van der Waals surface area contributed by atoms with E-state index in [9.17, 15) is 4.39 Å². The van der Waals surface area contributed by atoms with Crippen LogP contribution in [0.4, 0.5) is 4.39 Å². The third-order valence-electron chi connectivity index (χ3n) is 2.04. The predicted octanol–water partition coefficient (Wildman–Crippen LogP) is 2.29. The van der Waals surface area contributed by atoms with Crippen LogP contribution in [-0.4, -0.2) is 17.1 Å². The molecule has 0 saturated heterocycles. The zero-order valence-corrected chi connectivity index (χ0v) is 8.14. The van der Waals surface area contributed by atoms with Crippen molar-refractivity contribution in [2.45, 2.75) is 0 Å². The first-order chi connectivity index (χ1) is 7.33. The first kappa shape index (κ1) is 9.58. The Hall–Kier alpha value is -1.97. The minimum absolute atomic E-state index is 0.215. The number of ether oxygens (including phenoxy) is 1. The lowest BCUT2D eigenvalue weighted by molar-refractivity contribution is 0.388. The average molecular weight is 204 g/mol. The Labute approximate surface area is 86.6 Å². The summed E-state index contributed by atoms with van der Waals surface area (Å²) in [6, 6.07) is 4.74. The van der Waals surface area contributed by atoms with Gasteiger partial charge in [-0.25, -0.2) is 14.4 Å². The van der Waals surface area contributed by atoms with E-state index in [2.05, 4.69) is 9.97 Å². The van der Waals surface area contributed by atoms with Gasteiger partial charge in [-0.1, -0.05) is 12.1 Å². The van der Waals surface area contributed by atoms with Crippen molar-refractivity contribution in [1.29, 1.82) is 0 Å². The van der Waals surface area contributed by atoms with Crippen LogP contribution in [0, 0.1) is 5.82 Å². The molecule has 3 nitrogen and oxygen atoms in total. The average Bonchev–Trinajstić information content (AvgIpc) is 2.30. The van der Waals surface area contributed by atoms with Gasteiger partial charge in [0.05, 0.1) is 7.11 Å².